The Morgan fingerprint density at radius 1 is 0.463 bits per heavy atom. The van der Waals surface area contributed by atoms with Crippen LogP contribution in [0, 0.1) is 27.7 Å². The summed E-state index contributed by atoms with van der Waals surface area (Å²) in [5, 5.41) is 0. The summed E-state index contributed by atoms with van der Waals surface area (Å²) in [5.41, 5.74) is 21.0. The van der Waals surface area contributed by atoms with E-state index in [1.54, 1.807) is 22.3 Å². The van der Waals surface area contributed by atoms with Crippen LogP contribution in [-0.4, -0.2) is 0 Å². The van der Waals surface area contributed by atoms with Gasteiger partial charge >= 0.3 is 240 Å². The number of allylic oxidation sites excluding steroid dienone is 2. The number of hydrogen-bond donors (Lipinski definition) is 0. The SMILES string of the molecule is CC1=Cc2c(-c3ccccc3C)ccc(C)c2[CH]1[Zr+2]1([CH]2C(C)=Cc3c(-c4ccccc4C)ccc(C)c32)[CH2][CH2]1.[Cl-].[Cl-]. The van der Waals surface area contributed by atoms with Gasteiger partial charge in [0.1, 0.15) is 0 Å². The van der Waals surface area contributed by atoms with E-state index in [1.165, 1.54) is 63.9 Å². The molecule has 4 aromatic rings. The molecule has 0 amide bonds. The van der Waals surface area contributed by atoms with E-state index in [9.17, 15) is 0 Å². The van der Waals surface area contributed by atoms with Crippen molar-refractivity contribution in [1.82, 2.24) is 0 Å². The fourth-order valence-corrected chi connectivity index (χ4v) is 26.4. The van der Waals surface area contributed by atoms with Crippen LogP contribution >= 0.6 is 0 Å². The second-order valence-electron chi connectivity index (χ2n) is 12.5. The molecule has 2 atom stereocenters. The van der Waals surface area contributed by atoms with Crippen molar-refractivity contribution in [2.75, 3.05) is 0 Å². The minimum absolute atomic E-state index is 0. The van der Waals surface area contributed by atoms with Crippen molar-refractivity contribution in [3.8, 4) is 22.3 Å². The van der Waals surface area contributed by atoms with Crippen molar-refractivity contribution < 1.29 is 45.1 Å². The first kappa shape index (κ1) is 30.3. The Kier molecular flexibility index (Phi) is 8.24. The molecule has 41 heavy (non-hydrogen) atoms. The van der Waals surface area contributed by atoms with Gasteiger partial charge in [-0.1, -0.05) is 0 Å². The van der Waals surface area contributed by atoms with Gasteiger partial charge in [-0.2, -0.15) is 0 Å². The molecule has 1 fully saturated rings. The zero-order valence-corrected chi connectivity index (χ0v) is 28.9. The van der Waals surface area contributed by atoms with Crippen LogP contribution in [0.2, 0.25) is 8.26 Å². The molecule has 3 aliphatic rings. The Hall–Kier alpha value is -2.18. The van der Waals surface area contributed by atoms with E-state index < -0.39 is 20.3 Å². The van der Waals surface area contributed by atoms with E-state index in [2.05, 4.69) is 126 Å². The maximum atomic E-state index is 2.58. The van der Waals surface area contributed by atoms with Crippen LogP contribution in [0.3, 0.4) is 0 Å². The maximum absolute atomic E-state index is 2.68. The summed E-state index contributed by atoms with van der Waals surface area (Å²) in [5.74, 6) is 0. The molecule has 1 saturated heterocycles. The zero-order valence-electron chi connectivity index (χ0n) is 24.9. The normalized spacial score (nSPS) is 18.6. The van der Waals surface area contributed by atoms with Gasteiger partial charge in [-0.05, 0) is 0 Å². The topological polar surface area (TPSA) is 0 Å². The summed E-state index contributed by atoms with van der Waals surface area (Å²) in [7, 11) is 0. The van der Waals surface area contributed by atoms with Crippen LogP contribution in [0.15, 0.2) is 83.9 Å². The van der Waals surface area contributed by atoms with Gasteiger partial charge in [-0.3, -0.25) is 0 Å². The number of benzene rings is 4. The Morgan fingerprint density at radius 2 is 0.854 bits per heavy atom. The van der Waals surface area contributed by atoms with Gasteiger partial charge in [-0.25, -0.2) is 0 Å². The Labute approximate surface area is 263 Å². The molecule has 0 radical (unpaired) electrons. The van der Waals surface area contributed by atoms with Crippen LogP contribution in [0.5, 0.6) is 0 Å². The van der Waals surface area contributed by atoms with Crippen molar-refractivity contribution >= 4 is 12.2 Å². The predicted octanol–water partition coefficient (Wildman–Crippen LogP) is 4.88. The van der Waals surface area contributed by atoms with E-state index in [-0.39, 0.29) is 24.8 Å². The van der Waals surface area contributed by atoms with E-state index in [1.807, 2.05) is 0 Å². The third-order valence-corrected chi connectivity index (χ3v) is 23.5. The van der Waals surface area contributed by atoms with Crippen molar-refractivity contribution in [3.63, 3.8) is 0 Å². The summed E-state index contributed by atoms with van der Waals surface area (Å²) in [4.78, 5) is 0. The second-order valence-corrected chi connectivity index (χ2v) is 23.9. The largest absolute Gasteiger partial charge is 1.00 e. The van der Waals surface area contributed by atoms with Crippen LogP contribution in [-0.2, 0) is 20.3 Å². The number of fused-ring (bicyclic) bond motifs is 2. The van der Waals surface area contributed by atoms with Crippen molar-refractivity contribution in [2.24, 2.45) is 0 Å². The Morgan fingerprint density at radius 3 is 1.22 bits per heavy atom. The molecule has 3 heteroatoms. The third kappa shape index (κ3) is 4.59. The van der Waals surface area contributed by atoms with Crippen LogP contribution in [0.1, 0.15) is 65.6 Å². The molecule has 2 aliphatic carbocycles. The summed E-state index contributed by atoms with van der Waals surface area (Å²) >= 11 is -2.68. The molecular weight excluding hydrogens is 619 g/mol. The number of rotatable bonds is 4. The second kappa shape index (κ2) is 11.1. The standard InChI is InChI=1S/2C18H17.C2H4.2ClH.Zr/c2*1-12-10-17-14(3)8-9-16(18(17)11-12)15-7-5-4-6-13(15)2;1-2;;;/h2*4-11H,1-3H3;1-2H2;2*1H;/q;;;;;+2/p-2. The summed E-state index contributed by atoms with van der Waals surface area (Å²) in [6, 6.07) is 27.4. The summed E-state index contributed by atoms with van der Waals surface area (Å²) in [6.07, 6.45) is 5.16. The smallest absolute Gasteiger partial charge is 1.00 e. The number of halogens is 2. The molecular formula is C38H38Cl2Zr. The van der Waals surface area contributed by atoms with E-state index in [0.29, 0.717) is 7.25 Å². The van der Waals surface area contributed by atoms with Gasteiger partial charge in [0.05, 0.1) is 0 Å². The van der Waals surface area contributed by atoms with Gasteiger partial charge < -0.3 is 24.8 Å². The average molecular weight is 657 g/mol. The average Bonchev–Trinajstić information content (AvgIpc) is 3.49. The van der Waals surface area contributed by atoms with Crippen LogP contribution in [0.25, 0.3) is 34.4 Å². The Bertz CT molecular complexity index is 1610. The first-order chi connectivity index (χ1) is 18.8. The zero-order chi connectivity index (χ0) is 27.1. The third-order valence-electron chi connectivity index (χ3n) is 10.1. The fourth-order valence-electron chi connectivity index (χ4n) is 8.24. The molecule has 0 bridgehead atoms. The first-order valence-electron chi connectivity index (χ1n) is 14.6. The molecule has 0 nitrogen and oxygen atoms in total. The Balaban J connectivity index is 0.00000169. The van der Waals surface area contributed by atoms with Gasteiger partial charge in [0, 0.05) is 0 Å². The van der Waals surface area contributed by atoms with Crippen molar-refractivity contribution in [2.45, 2.75) is 57.1 Å². The molecule has 7 rings (SSSR count). The molecule has 4 aromatic carbocycles. The monoisotopic (exact) mass is 654 g/mol. The van der Waals surface area contributed by atoms with Crippen molar-refractivity contribution in [1.29, 1.82) is 0 Å². The molecule has 208 valence electrons. The van der Waals surface area contributed by atoms with Gasteiger partial charge in [0.15, 0.2) is 0 Å². The van der Waals surface area contributed by atoms with Gasteiger partial charge in [0.2, 0.25) is 0 Å². The van der Waals surface area contributed by atoms with Crippen molar-refractivity contribution in [3.05, 3.63) is 128 Å². The van der Waals surface area contributed by atoms with E-state index in [4.69, 9.17) is 0 Å². The van der Waals surface area contributed by atoms with Gasteiger partial charge in [-0.15, -0.1) is 0 Å². The first-order valence-corrected chi connectivity index (χ1v) is 20.9. The summed E-state index contributed by atoms with van der Waals surface area (Å²) < 4.78 is 4.36. The molecule has 0 aromatic heterocycles. The molecule has 1 heterocycles. The maximum Gasteiger partial charge on any atom is -1.00 e. The van der Waals surface area contributed by atoms with E-state index >= 15 is 0 Å². The molecule has 0 spiro atoms. The number of hydrogen-bond acceptors (Lipinski definition) is 0. The van der Waals surface area contributed by atoms with Gasteiger partial charge in [0.25, 0.3) is 0 Å². The minimum atomic E-state index is -2.68. The molecule has 1 aliphatic heterocycles. The predicted molar refractivity (Wildman–Crippen MR) is 165 cm³/mol. The quantitative estimate of drug-likeness (QED) is 0.294. The minimum Gasteiger partial charge on any atom is -1.00 e. The molecule has 0 saturated carbocycles. The van der Waals surface area contributed by atoms with E-state index in [0.717, 1.165) is 0 Å². The fraction of sp³-hybridized carbons (Fsp3) is 0.263. The summed E-state index contributed by atoms with van der Waals surface area (Å²) in [6.45, 7) is 14.2. The molecule has 0 N–H and O–H groups in total. The van der Waals surface area contributed by atoms with Crippen LogP contribution in [0.4, 0.5) is 0 Å². The molecule has 2 unspecified atom stereocenters. The number of aryl methyl sites for hydroxylation is 4. The van der Waals surface area contributed by atoms with Crippen LogP contribution < -0.4 is 24.8 Å².